The van der Waals surface area contributed by atoms with Gasteiger partial charge < -0.3 is 15.4 Å². The minimum atomic E-state index is -0.666. The van der Waals surface area contributed by atoms with Gasteiger partial charge in [0.2, 0.25) is 0 Å². The van der Waals surface area contributed by atoms with E-state index in [-0.39, 0.29) is 27.7 Å². The predicted molar refractivity (Wildman–Crippen MR) is 101 cm³/mol. The first-order chi connectivity index (χ1) is 12.9. The second kappa shape index (κ2) is 9.65. The first-order valence-corrected chi connectivity index (χ1v) is 8.43. The molecule has 27 heavy (non-hydrogen) atoms. The SMILES string of the molecule is COCCCNC(=O)c1ccccc1NC(=O)c1ccc(Cl)c([N+](=O)[O-])c1. The molecule has 0 saturated heterocycles. The lowest BCUT2D eigenvalue weighted by Gasteiger charge is -2.11. The quantitative estimate of drug-likeness (QED) is 0.407. The molecule has 0 fully saturated rings. The number of hydrogen-bond acceptors (Lipinski definition) is 5. The van der Waals surface area contributed by atoms with Crippen LogP contribution in [-0.4, -0.2) is 37.0 Å². The van der Waals surface area contributed by atoms with Gasteiger partial charge in [-0.2, -0.15) is 0 Å². The Balaban J connectivity index is 2.16. The van der Waals surface area contributed by atoms with E-state index in [1.165, 1.54) is 12.1 Å². The van der Waals surface area contributed by atoms with Crippen LogP contribution < -0.4 is 10.6 Å². The molecule has 0 heterocycles. The van der Waals surface area contributed by atoms with Gasteiger partial charge in [-0.15, -0.1) is 0 Å². The van der Waals surface area contributed by atoms with E-state index in [0.717, 1.165) is 6.07 Å². The number of nitro benzene ring substituents is 1. The van der Waals surface area contributed by atoms with Crippen molar-refractivity contribution in [3.8, 4) is 0 Å². The van der Waals surface area contributed by atoms with Crippen molar-refractivity contribution < 1.29 is 19.2 Å². The molecule has 0 spiro atoms. The summed E-state index contributed by atoms with van der Waals surface area (Å²) in [5, 5.41) is 16.3. The zero-order valence-electron chi connectivity index (χ0n) is 14.5. The van der Waals surface area contributed by atoms with Gasteiger partial charge in [-0.3, -0.25) is 19.7 Å². The van der Waals surface area contributed by atoms with Gasteiger partial charge in [-0.25, -0.2) is 0 Å². The maximum absolute atomic E-state index is 12.4. The van der Waals surface area contributed by atoms with Crippen molar-refractivity contribution in [2.24, 2.45) is 0 Å². The van der Waals surface area contributed by atoms with Crippen molar-refractivity contribution in [3.63, 3.8) is 0 Å². The molecule has 0 aliphatic carbocycles. The van der Waals surface area contributed by atoms with Crippen molar-refractivity contribution in [3.05, 3.63) is 68.7 Å². The Hall–Kier alpha value is -2.97. The Morgan fingerprint density at radius 3 is 2.63 bits per heavy atom. The average Bonchev–Trinajstić information content (AvgIpc) is 2.65. The van der Waals surface area contributed by atoms with Gasteiger partial charge in [0, 0.05) is 31.9 Å². The minimum absolute atomic E-state index is 0.0569. The largest absolute Gasteiger partial charge is 0.385 e. The maximum atomic E-state index is 12.4. The van der Waals surface area contributed by atoms with Gasteiger partial charge in [-0.05, 0) is 30.7 Å². The molecule has 2 N–H and O–H groups in total. The van der Waals surface area contributed by atoms with E-state index in [4.69, 9.17) is 16.3 Å². The fraction of sp³-hybridized carbons (Fsp3) is 0.222. The number of nitrogens with one attached hydrogen (secondary N) is 2. The van der Waals surface area contributed by atoms with Gasteiger partial charge in [0.1, 0.15) is 5.02 Å². The molecule has 8 nitrogen and oxygen atoms in total. The number of benzene rings is 2. The summed E-state index contributed by atoms with van der Waals surface area (Å²) in [6.07, 6.45) is 0.658. The summed E-state index contributed by atoms with van der Waals surface area (Å²) in [6, 6.07) is 10.2. The summed E-state index contributed by atoms with van der Waals surface area (Å²) in [4.78, 5) is 35.1. The van der Waals surface area contributed by atoms with Crippen LogP contribution >= 0.6 is 11.6 Å². The standard InChI is InChI=1S/C18H18ClN3O5/c1-27-10-4-9-20-18(24)13-5-2-3-6-15(13)21-17(23)12-7-8-14(19)16(11-12)22(25)26/h2-3,5-8,11H,4,9-10H2,1H3,(H,20,24)(H,21,23). The number of rotatable bonds is 8. The summed E-state index contributed by atoms with van der Waals surface area (Å²) in [7, 11) is 1.58. The number of anilines is 1. The number of para-hydroxylation sites is 1. The number of hydrogen-bond donors (Lipinski definition) is 2. The third kappa shape index (κ3) is 5.50. The van der Waals surface area contributed by atoms with Gasteiger partial charge in [-0.1, -0.05) is 23.7 Å². The van der Waals surface area contributed by atoms with Gasteiger partial charge in [0.05, 0.1) is 16.2 Å². The molecular formula is C18H18ClN3O5. The molecule has 0 saturated carbocycles. The van der Waals surface area contributed by atoms with Crippen molar-refractivity contribution in [2.45, 2.75) is 6.42 Å². The number of amides is 2. The van der Waals surface area contributed by atoms with Crippen molar-refractivity contribution >= 4 is 34.8 Å². The van der Waals surface area contributed by atoms with Crippen LogP contribution in [0.3, 0.4) is 0 Å². The lowest BCUT2D eigenvalue weighted by atomic mass is 10.1. The van der Waals surface area contributed by atoms with E-state index in [0.29, 0.717) is 25.3 Å². The Kier molecular flexibility index (Phi) is 7.27. The monoisotopic (exact) mass is 391 g/mol. The van der Waals surface area contributed by atoms with Crippen molar-refractivity contribution in [2.75, 3.05) is 25.6 Å². The average molecular weight is 392 g/mol. The Morgan fingerprint density at radius 2 is 1.93 bits per heavy atom. The molecule has 9 heteroatoms. The van der Waals surface area contributed by atoms with Crippen LogP contribution in [-0.2, 0) is 4.74 Å². The van der Waals surface area contributed by atoms with E-state index in [1.54, 1.807) is 31.4 Å². The molecule has 0 bridgehead atoms. The van der Waals surface area contributed by atoms with Gasteiger partial charge in [0.25, 0.3) is 17.5 Å². The molecule has 0 aliphatic heterocycles. The van der Waals surface area contributed by atoms with E-state index in [9.17, 15) is 19.7 Å². The molecular weight excluding hydrogens is 374 g/mol. The third-order valence-electron chi connectivity index (χ3n) is 3.64. The molecule has 2 aromatic rings. The van der Waals surface area contributed by atoms with Crippen LogP contribution in [0.5, 0.6) is 0 Å². The fourth-order valence-electron chi connectivity index (χ4n) is 2.29. The van der Waals surface area contributed by atoms with E-state index in [1.807, 2.05) is 0 Å². The number of nitrogens with zero attached hydrogens (tertiary/aromatic N) is 1. The van der Waals surface area contributed by atoms with Crippen LogP contribution in [0.15, 0.2) is 42.5 Å². The number of methoxy groups -OCH3 is 1. The Bertz CT molecular complexity index is 857. The molecule has 0 atom stereocenters. The van der Waals surface area contributed by atoms with Crippen LogP contribution in [0.1, 0.15) is 27.1 Å². The topological polar surface area (TPSA) is 111 Å². The highest BCUT2D eigenvalue weighted by Gasteiger charge is 2.18. The number of carbonyl (C=O) groups excluding carboxylic acids is 2. The highest BCUT2D eigenvalue weighted by molar-refractivity contribution is 6.32. The van der Waals surface area contributed by atoms with Crippen molar-refractivity contribution in [1.82, 2.24) is 5.32 Å². The van der Waals surface area contributed by atoms with E-state index < -0.39 is 10.8 Å². The Morgan fingerprint density at radius 1 is 1.19 bits per heavy atom. The highest BCUT2D eigenvalue weighted by Crippen LogP contribution is 2.26. The summed E-state index contributed by atoms with van der Waals surface area (Å²) in [6.45, 7) is 0.951. The van der Waals surface area contributed by atoms with Crippen molar-refractivity contribution in [1.29, 1.82) is 0 Å². The minimum Gasteiger partial charge on any atom is -0.385 e. The first kappa shape index (κ1) is 20.3. The molecule has 0 aliphatic rings. The molecule has 2 aromatic carbocycles. The van der Waals surface area contributed by atoms with Crippen LogP contribution in [0.25, 0.3) is 0 Å². The van der Waals surface area contributed by atoms with Crippen LogP contribution in [0, 0.1) is 10.1 Å². The normalized spacial score (nSPS) is 10.3. The number of nitro groups is 1. The predicted octanol–water partition coefficient (Wildman–Crippen LogP) is 3.27. The second-order valence-corrected chi connectivity index (χ2v) is 5.93. The van der Waals surface area contributed by atoms with E-state index >= 15 is 0 Å². The zero-order valence-corrected chi connectivity index (χ0v) is 15.3. The highest BCUT2D eigenvalue weighted by atomic mass is 35.5. The summed E-state index contributed by atoms with van der Waals surface area (Å²) in [5.41, 5.74) is 0.269. The van der Waals surface area contributed by atoms with Gasteiger partial charge >= 0.3 is 0 Å². The maximum Gasteiger partial charge on any atom is 0.288 e. The molecule has 0 aromatic heterocycles. The molecule has 0 unspecified atom stereocenters. The summed E-state index contributed by atoms with van der Waals surface area (Å²) >= 11 is 5.76. The smallest absolute Gasteiger partial charge is 0.288 e. The lowest BCUT2D eigenvalue weighted by Crippen LogP contribution is -2.26. The Labute approximate surface area is 160 Å². The number of ether oxygens (including phenoxy) is 1. The summed E-state index contributed by atoms with van der Waals surface area (Å²) < 4.78 is 4.92. The molecule has 2 rings (SSSR count). The number of halogens is 1. The number of carbonyl (C=O) groups is 2. The second-order valence-electron chi connectivity index (χ2n) is 5.53. The zero-order chi connectivity index (χ0) is 19.8. The van der Waals surface area contributed by atoms with Crippen LogP contribution in [0.4, 0.5) is 11.4 Å². The lowest BCUT2D eigenvalue weighted by molar-refractivity contribution is -0.384. The third-order valence-corrected chi connectivity index (χ3v) is 3.96. The fourth-order valence-corrected chi connectivity index (χ4v) is 2.48. The molecule has 0 radical (unpaired) electrons. The molecule has 2 amide bonds. The van der Waals surface area contributed by atoms with E-state index in [2.05, 4.69) is 10.6 Å². The molecule has 142 valence electrons. The van der Waals surface area contributed by atoms with Gasteiger partial charge in [0.15, 0.2) is 0 Å². The van der Waals surface area contributed by atoms with Crippen LogP contribution in [0.2, 0.25) is 5.02 Å². The first-order valence-electron chi connectivity index (χ1n) is 8.05. The summed E-state index contributed by atoms with van der Waals surface area (Å²) in [5.74, 6) is -0.932.